The van der Waals surface area contributed by atoms with Gasteiger partial charge in [0, 0.05) is 12.7 Å². The van der Waals surface area contributed by atoms with Crippen molar-refractivity contribution >= 4 is 11.4 Å². The summed E-state index contributed by atoms with van der Waals surface area (Å²) >= 11 is 0. The summed E-state index contributed by atoms with van der Waals surface area (Å²) in [6.45, 7) is 0.996. The molecule has 2 heterocycles. The number of rotatable bonds is 6. The van der Waals surface area contributed by atoms with Crippen LogP contribution in [0.5, 0.6) is 11.5 Å². The van der Waals surface area contributed by atoms with Crippen molar-refractivity contribution in [3.63, 3.8) is 0 Å². The second-order valence-electron chi connectivity index (χ2n) is 5.62. The van der Waals surface area contributed by atoms with Gasteiger partial charge in [-0.05, 0) is 29.8 Å². The van der Waals surface area contributed by atoms with Crippen molar-refractivity contribution in [3.05, 3.63) is 74.3 Å². The highest BCUT2D eigenvalue weighted by atomic mass is 16.7. The van der Waals surface area contributed by atoms with Gasteiger partial charge in [0.25, 0.3) is 10.9 Å². The highest BCUT2D eigenvalue weighted by Gasteiger charge is 2.21. The number of nitrogens with one attached hydrogen (secondary N) is 2. The molecule has 7 nitrogen and oxygen atoms in total. The van der Waals surface area contributed by atoms with E-state index >= 15 is 0 Å². The minimum atomic E-state index is -0.510. The third-order valence-corrected chi connectivity index (χ3v) is 3.99. The molecule has 0 radical (unpaired) electrons. The van der Waals surface area contributed by atoms with Gasteiger partial charge < -0.3 is 20.1 Å². The van der Waals surface area contributed by atoms with Gasteiger partial charge in [0.15, 0.2) is 11.5 Å². The molecule has 0 unspecified atom stereocenters. The van der Waals surface area contributed by atoms with Crippen LogP contribution >= 0.6 is 0 Å². The fraction of sp³-hybridized carbons (Fsp3) is 0.167. The Bertz CT molecular complexity index is 978. The van der Waals surface area contributed by atoms with E-state index in [2.05, 4.69) is 15.6 Å². The van der Waals surface area contributed by atoms with Crippen LogP contribution in [-0.4, -0.2) is 11.8 Å². The van der Waals surface area contributed by atoms with Crippen molar-refractivity contribution in [2.24, 2.45) is 0 Å². The SMILES string of the molecule is O=c1c(NCc2ccc3c(c2)OCO3)c(NCc2ccccn2)c1=O. The molecule has 3 aromatic rings. The van der Waals surface area contributed by atoms with E-state index in [4.69, 9.17) is 9.47 Å². The van der Waals surface area contributed by atoms with Crippen LogP contribution in [-0.2, 0) is 13.1 Å². The van der Waals surface area contributed by atoms with Crippen LogP contribution < -0.4 is 31.0 Å². The molecule has 0 aliphatic carbocycles. The number of benzene rings is 1. The number of aromatic nitrogens is 1. The summed E-state index contributed by atoms with van der Waals surface area (Å²) in [5.41, 5.74) is 1.30. The molecule has 0 saturated carbocycles. The molecule has 0 atom stereocenters. The second kappa shape index (κ2) is 6.27. The van der Waals surface area contributed by atoms with Crippen molar-refractivity contribution in [2.75, 3.05) is 17.4 Å². The molecular weight excluding hydrogens is 322 g/mol. The lowest BCUT2D eigenvalue weighted by Gasteiger charge is -2.15. The van der Waals surface area contributed by atoms with Gasteiger partial charge in [0.2, 0.25) is 6.79 Å². The quantitative estimate of drug-likeness (QED) is 0.661. The van der Waals surface area contributed by atoms with E-state index in [-0.39, 0.29) is 6.79 Å². The molecule has 0 fully saturated rings. The smallest absolute Gasteiger partial charge is 0.253 e. The molecular formula is C18H15N3O4. The van der Waals surface area contributed by atoms with E-state index in [1.165, 1.54) is 0 Å². The summed E-state index contributed by atoms with van der Waals surface area (Å²) in [5, 5.41) is 6.01. The number of hydrogen-bond donors (Lipinski definition) is 2. The lowest BCUT2D eigenvalue weighted by atomic mass is 10.1. The molecule has 0 amide bonds. The second-order valence-corrected chi connectivity index (χ2v) is 5.62. The van der Waals surface area contributed by atoms with Gasteiger partial charge in [0.1, 0.15) is 11.4 Å². The molecule has 0 spiro atoms. The number of fused-ring (bicyclic) bond motifs is 1. The zero-order chi connectivity index (χ0) is 17.2. The van der Waals surface area contributed by atoms with Gasteiger partial charge in [0.05, 0.1) is 12.2 Å². The summed E-state index contributed by atoms with van der Waals surface area (Å²) in [6, 6.07) is 11.1. The number of pyridine rings is 1. The van der Waals surface area contributed by atoms with Crippen LogP contribution in [0.1, 0.15) is 11.3 Å². The summed E-state index contributed by atoms with van der Waals surface area (Å²) in [6.07, 6.45) is 1.68. The molecule has 1 aromatic heterocycles. The normalized spacial score (nSPS) is 12.3. The standard InChI is InChI=1S/C18H15N3O4/c22-17-15(16(18(17)23)21-9-12-3-1-2-6-19-12)20-8-11-4-5-13-14(7-11)25-10-24-13/h1-7,20-21H,8-10H2. The minimum Gasteiger partial charge on any atom is -0.454 e. The minimum absolute atomic E-state index is 0.214. The Kier molecular flexibility index (Phi) is 3.81. The molecule has 1 aliphatic rings. The lowest BCUT2D eigenvalue weighted by Crippen LogP contribution is -2.37. The first-order valence-electron chi connectivity index (χ1n) is 7.82. The molecule has 0 saturated heterocycles. The van der Waals surface area contributed by atoms with Crippen LogP contribution in [0.15, 0.2) is 52.2 Å². The van der Waals surface area contributed by atoms with Gasteiger partial charge in [-0.1, -0.05) is 12.1 Å². The summed E-state index contributed by atoms with van der Waals surface area (Å²) < 4.78 is 10.6. The Morgan fingerprint density at radius 1 is 0.920 bits per heavy atom. The molecule has 1 aliphatic heterocycles. The van der Waals surface area contributed by atoms with Crippen LogP contribution in [0.25, 0.3) is 0 Å². The van der Waals surface area contributed by atoms with Crippen molar-refractivity contribution in [3.8, 4) is 11.5 Å². The van der Waals surface area contributed by atoms with Crippen LogP contribution in [0.2, 0.25) is 0 Å². The van der Waals surface area contributed by atoms with Crippen molar-refractivity contribution in [1.82, 2.24) is 4.98 Å². The Hall–Kier alpha value is -3.35. The zero-order valence-corrected chi connectivity index (χ0v) is 13.2. The van der Waals surface area contributed by atoms with Gasteiger partial charge >= 0.3 is 0 Å². The fourth-order valence-electron chi connectivity index (χ4n) is 2.65. The monoisotopic (exact) mass is 337 g/mol. The average molecular weight is 337 g/mol. The first kappa shape index (κ1) is 15.2. The van der Waals surface area contributed by atoms with E-state index in [0.717, 1.165) is 11.3 Å². The highest BCUT2D eigenvalue weighted by molar-refractivity contribution is 5.74. The first-order chi connectivity index (χ1) is 12.2. The maximum absolute atomic E-state index is 11.8. The van der Waals surface area contributed by atoms with Crippen LogP contribution in [0, 0.1) is 0 Å². The third kappa shape index (κ3) is 2.91. The molecule has 2 N–H and O–H groups in total. The van der Waals surface area contributed by atoms with Crippen molar-refractivity contribution in [1.29, 1.82) is 0 Å². The van der Waals surface area contributed by atoms with Crippen molar-refractivity contribution in [2.45, 2.75) is 13.1 Å². The topological polar surface area (TPSA) is 89.6 Å². The van der Waals surface area contributed by atoms with Gasteiger partial charge in [-0.25, -0.2) is 0 Å². The van der Waals surface area contributed by atoms with Crippen LogP contribution in [0.4, 0.5) is 11.4 Å². The largest absolute Gasteiger partial charge is 0.454 e. The van der Waals surface area contributed by atoms with E-state index in [9.17, 15) is 9.59 Å². The number of ether oxygens (including phenoxy) is 2. The van der Waals surface area contributed by atoms with E-state index in [1.807, 2.05) is 36.4 Å². The molecule has 2 aromatic carbocycles. The molecule has 0 bridgehead atoms. The Labute approximate surface area is 142 Å². The van der Waals surface area contributed by atoms with Gasteiger partial charge in [-0.15, -0.1) is 0 Å². The lowest BCUT2D eigenvalue weighted by molar-refractivity contribution is 0.174. The van der Waals surface area contributed by atoms with E-state index in [0.29, 0.717) is 36.0 Å². The third-order valence-electron chi connectivity index (χ3n) is 3.99. The van der Waals surface area contributed by atoms with E-state index in [1.54, 1.807) is 6.20 Å². The maximum atomic E-state index is 11.8. The molecule has 4 rings (SSSR count). The van der Waals surface area contributed by atoms with Gasteiger partial charge in [-0.3, -0.25) is 14.6 Å². The summed E-state index contributed by atoms with van der Waals surface area (Å²) in [7, 11) is 0. The van der Waals surface area contributed by atoms with Crippen molar-refractivity contribution < 1.29 is 9.47 Å². The predicted octanol–water partition coefficient (Wildman–Crippen LogP) is 1.63. The Balaban J connectivity index is 1.43. The number of anilines is 2. The first-order valence-corrected chi connectivity index (χ1v) is 7.82. The molecule has 126 valence electrons. The molecule has 25 heavy (non-hydrogen) atoms. The Morgan fingerprint density at radius 2 is 1.68 bits per heavy atom. The molecule has 7 heteroatoms. The predicted molar refractivity (Wildman–Crippen MR) is 92.8 cm³/mol. The van der Waals surface area contributed by atoms with Gasteiger partial charge in [-0.2, -0.15) is 0 Å². The zero-order valence-electron chi connectivity index (χ0n) is 13.2. The fourth-order valence-corrected chi connectivity index (χ4v) is 2.65. The summed E-state index contributed by atoms with van der Waals surface area (Å²) in [4.78, 5) is 27.8. The summed E-state index contributed by atoms with van der Waals surface area (Å²) in [5.74, 6) is 1.38. The average Bonchev–Trinajstić information content (AvgIpc) is 3.12. The van der Waals surface area contributed by atoms with Crippen LogP contribution in [0.3, 0.4) is 0 Å². The number of nitrogens with zero attached hydrogens (tertiary/aromatic N) is 1. The highest BCUT2D eigenvalue weighted by Crippen LogP contribution is 2.32. The van der Waals surface area contributed by atoms with E-state index < -0.39 is 10.9 Å². The number of hydrogen-bond acceptors (Lipinski definition) is 7. The Morgan fingerprint density at radius 3 is 2.44 bits per heavy atom. The maximum Gasteiger partial charge on any atom is 0.253 e.